The highest BCUT2D eigenvalue weighted by Gasteiger charge is 2.13. The topological polar surface area (TPSA) is 12.9 Å². The normalized spacial score (nSPS) is 11.3. The van der Waals surface area contributed by atoms with Crippen LogP contribution < -0.4 is 0 Å². The minimum absolute atomic E-state index is 0.968. The van der Waals surface area contributed by atoms with Gasteiger partial charge in [-0.3, -0.25) is 0 Å². The van der Waals surface area contributed by atoms with Crippen LogP contribution in [0.4, 0.5) is 0 Å². The van der Waals surface area contributed by atoms with Crippen molar-refractivity contribution < 1.29 is 0 Å². The predicted octanol–water partition coefficient (Wildman–Crippen LogP) is 11.2. The van der Waals surface area contributed by atoms with Crippen molar-refractivity contribution in [3.8, 4) is 44.8 Å². The molecule has 196 valence electrons. The minimum atomic E-state index is 0.968. The minimum Gasteiger partial charge on any atom is -0.248 e. The van der Waals surface area contributed by atoms with E-state index in [-0.39, 0.29) is 0 Å². The molecule has 0 saturated carbocycles. The van der Waals surface area contributed by atoms with E-state index >= 15 is 0 Å². The summed E-state index contributed by atoms with van der Waals surface area (Å²) in [6.07, 6.45) is 0. The number of nitrogens with zero attached hydrogens (tertiary/aromatic N) is 1. The van der Waals surface area contributed by atoms with Gasteiger partial charge in [0.1, 0.15) is 0 Å². The second kappa shape index (κ2) is 10.1. The number of fused-ring (bicyclic) bond motifs is 6. The molecule has 0 aliphatic heterocycles. The standard InChI is InChI=1S/C41H27N/c1-3-12-28(13-4-1)30-16-11-17-31(24-30)33-26-40(29-14-5-2-6-15-29)42-41(27-33)32-22-23-38-36-20-8-7-18-34(36)35-19-9-10-21-37(35)39(38)25-32/h1-27H. The first kappa shape index (κ1) is 24.3. The summed E-state index contributed by atoms with van der Waals surface area (Å²) in [5, 5.41) is 7.63. The average molecular weight is 534 g/mol. The van der Waals surface area contributed by atoms with Crippen molar-refractivity contribution in [2.45, 2.75) is 0 Å². The van der Waals surface area contributed by atoms with E-state index in [1.54, 1.807) is 0 Å². The van der Waals surface area contributed by atoms with Gasteiger partial charge in [0.2, 0.25) is 0 Å². The highest BCUT2D eigenvalue weighted by Crippen LogP contribution is 2.38. The molecule has 0 spiro atoms. The number of benzene rings is 7. The summed E-state index contributed by atoms with van der Waals surface area (Å²) < 4.78 is 0. The summed E-state index contributed by atoms with van der Waals surface area (Å²) in [5.74, 6) is 0. The van der Waals surface area contributed by atoms with Crippen molar-refractivity contribution in [3.05, 3.63) is 164 Å². The SMILES string of the molecule is c1ccc(-c2cccc(-c3cc(-c4ccccc4)nc(-c4ccc5c6ccccc6c6ccccc6c5c4)c3)c2)cc1. The molecule has 7 aromatic carbocycles. The Balaban J connectivity index is 1.35. The maximum Gasteiger partial charge on any atom is 0.0715 e. The van der Waals surface area contributed by atoms with Crippen molar-refractivity contribution in [2.24, 2.45) is 0 Å². The summed E-state index contributed by atoms with van der Waals surface area (Å²) in [6, 6.07) is 58.6. The number of aromatic nitrogens is 1. The maximum absolute atomic E-state index is 5.23. The Labute approximate surface area is 245 Å². The quantitative estimate of drug-likeness (QED) is 0.205. The first-order chi connectivity index (χ1) is 20.8. The van der Waals surface area contributed by atoms with Gasteiger partial charge in [-0.2, -0.15) is 0 Å². The van der Waals surface area contributed by atoms with Gasteiger partial charge in [0.05, 0.1) is 11.4 Å². The summed E-state index contributed by atoms with van der Waals surface area (Å²) in [6.45, 7) is 0. The van der Waals surface area contributed by atoms with Crippen LogP contribution in [0.1, 0.15) is 0 Å². The van der Waals surface area contributed by atoms with Crippen LogP contribution in [0.15, 0.2) is 164 Å². The molecular formula is C41H27N. The maximum atomic E-state index is 5.23. The molecule has 0 fully saturated rings. The van der Waals surface area contributed by atoms with Gasteiger partial charge in [-0.05, 0) is 78.8 Å². The van der Waals surface area contributed by atoms with E-state index in [4.69, 9.17) is 4.98 Å². The monoisotopic (exact) mass is 533 g/mol. The van der Waals surface area contributed by atoms with E-state index in [1.165, 1.54) is 49.0 Å². The molecule has 0 saturated heterocycles. The van der Waals surface area contributed by atoms with Gasteiger partial charge in [-0.25, -0.2) is 4.98 Å². The highest BCUT2D eigenvalue weighted by molar-refractivity contribution is 6.25. The van der Waals surface area contributed by atoms with Gasteiger partial charge in [-0.1, -0.05) is 140 Å². The van der Waals surface area contributed by atoms with Gasteiger partial charge in [0.25, 0.3) is 0 Å². The van der Waals surface area contributed by atoms with Gasteiger partial charge in [-0.15, -0.1) is 0 Å². The molecule has 42 heavy (non-hydrogen) atoms. The van der Waals surface area contributed by atoms with Crippen LogP contribution in [0.3, 0.4) is 0 Å². The molecule has 0 aliphatic rings. The summed E-state index contributed by atoms with van der Waals surface area (Å²) in [7, 11) is 0. The number of pyridine rings is 1. The summed E-state index contributed by atoms with van der Waals surface area (Å²) in [4.78, 5) is 5.23. The Morgan fingerprint density at radius 1 is 0.238 bits per heavy atom. The third-order valence-corrected chi connectivity index (χ3v) is 8.24. The molecule has 0 bridgehead atoms. The molecule has 1 heteroatoms. The lowest BCUT2D eigenvalue weighted by Crippen LogP contribution is -1.92. The van der Waals surface area contributed by atoms with E-state index in [1.807, 2.05) is 0 Å². The summed E-state index contributed by atoms with van der Waals surface area (Å²) >= 11 is 0. The van der Waals surface area contributed by atoms with Gasteiger partial charge >= 0.3 is 0 Å². The molecule has 0 aliphatic carbocycles. The summed E-state index contributed by atoms with van der Waals surface area (Å²) in [5.41, 5.74) is 8.90. The first-order valence-electron chi connectivity index (χ1n) is 14.4. The van der Waals surface area contributed by atoms with Crippen LogP contribution in [0, 0.1) is 0 Å². The van der Waals surface area contributed by atoms with E-state index in [0.29, 0.717) is 0 Å². The van der Waals surface area contributed by atoms with Gasteiger partial charge < -0.3 is 0 Å². The Bertz CT molecular complexity index is 2200. The van der Waals surface area contributed by atoms with Crippen LogP contribution >= 0.6 is 0 Å². The van der Waals surface area contributed by atoms with Crippen molar-refractivity contribution in [3.63, 3.8) is 0 Å². The first-order valence-corrected chi connectivity index (χ1v) is 14.4. The van der Waals surface area contributed by atoms with E-state index < -0.39 is 0 Å². The lowest BCUT2D eigenvalue weighted by atomic mass is 9.92. The molecule has 8 rings (SSSR count). The predicted molar refractivity (Wildman–Crippen MR) is 178 cm³/mol. The lowest BCUT2D eigenvalue weighted by molar-refractivity contribution is 1.32. The third kappa shape index (κ3) is 4.24. The Kier molecular flexibility index (Phi) is 5.86. The van der Waals surface area contributed by atoms with E-state index in [0.717, 1.165) is 28.1 Å². The fourth-order valence-corrected chi connectivity index (χ4v) is 6.18. The molecule has 1 nitrogen and oxygen atoms in total. The average Bonchev–Trinajstić information content (AvgIpc) is 3.09. The molecular weight excluding hydrogens is 506 g/mol. The van der Waals surface area contributed by atoms with Gasteiger partial charge in [0.15, 0.2) is 0 Å². The van der Waals surface area contributed by atoms with Crippen LogP contribution in [0.25, 0.3) is 77.1 Å². The zero-order valence-electron chi connectivity index (χ0n) is 23.0. The lowest BCUT2D eigenvalue weighted by Gasteiger charge is -2.14. The molecule has 0 radical (unpaired) electrons. The van der Waals surface area contributed by atoms with Crippen LogP contribution in [-0.2, 0) is 0 Å². The van der Waals surface area contributed by atoms with Crippen molar-refractivity contribution in [1.29, 1.82) is 0 Å². The van der Waals surface area contributed by atoms with Crippen LogP contribution in [0.2, 0.25) is 0 Å². The van der Waals surface area contributed by atoms with Crippen molar-refractivity contribution >= 4 is 32.3 Å². The second-order valence-corrected chi connectivity index (χ2v) is 10.8. The second-order valence-electron chi connectivity index (χ2n) is 10.8. The molecule has 8 aromatic rings. The Morgan fingerprint density at radius 3 is 1.31 bits per heavy atom. The smallest absolute Gasteiger partial charge is 0.0715 e. The zero-order chi connectivity index (χ0) is 27.9. The molecule has 1 heterocycles. The fourth-order valence-electron chi connectivity index (χ4n) is 6.18. The Morgan fingerprint density at radius 2 is 0.690 bits per heavy atom. The fraction of sp³-hybridized carbons (Fsp3) is 0. The Hall–Kier alpha value is -5.53. The zero-order valence-corrected chi connectivity index (χ0v) is 23.0. The number of hydrogen-bond donors (Lipinski definition) is 0. The van der Waals surface area contributed by atoms with E-state index in [2.05, 4.69) is 164 Å². The van der Waals surface area contributed by atoms with Crippen LogP contribution in [-0.4, -0.2) is 4.98 Å². The van der Waals surface area contributed by atoms with Crippen LogP contribution in [0.5, 0.6) is 0 Å². The largest absolute Gasteiger partial charge is 0.248 e. The van der Waals surface area contributed by atoms with E-state index in [9.17, 15) is 0 Å². The van der Waals surface area contributed by atoms with Crippen molar-refractivity contribution in [2.75, 3.05) is 0 Å². The molecule has 1 aromatic heterocycles. The highest BCUT2D eigenvalue weighted by atomic mass is 14.7. The third-order valence-electron chi connectivity index (χ3n) is 8.24. The number of hydrogen-bond acceptors (Lipinski definition) is 1. The molecule has 0 N–H and O–H groups in total. The van der Waals surface area contributed by atoms with Gasteiger partial charge in [0, 0.05) is 11.1 Å². The van der Waals surface area contributed by atoms with Crippen molar-refractivity contribution in [1.82, 2.24) is 4.98 Å². The molecule has 0 unspecified atom stereocenters. The number of rotatable bonds is 4. The molecule has 0 amide bonds. The molecule has 0 atom stereocenters.